The molecule has 0 spiro atoms. The van der Waals surface area contributed by atoms with Crippen LogP contribution in [0.25, 0.3) is 0 Å². The molecule has 3 aromatic rings. The fraction of sp³-hybridized carbons (Fsp3) is 0.458. The summed E-state index contributed by atoms with van der Waals surface area (Å²) in [5, 5.41) is 14.0. The summed E-state index contributed by atoms with van der Waals surface area (Å²) in [5.41, 5.74) is 2.54. The van der Waals surface area contributed by atoms with Crippen LogP contribution >= 0.6 is 0 Å². The summed E-state index contributed by atoms with van der Waals surface area (Å²) in [6.07, 6.45) is 0.961. The summed E-state index contributed by atoms with van der Waals surface area (Å²) in [6.45, 7) is 7.47. The second-order valence-corrected chi connectivity index (χ2v) is 9.95. The predicted molar refractivity (Wildman–Crippen MR) is 130 cm³/mol. The standard InChI is InChI=1S/C24H29N9O2/c1-13-11-32(13)21-27-20(28-22(29-21)35-4)26-19-16-12-33(24(2,3)18(16)30-31-19)23(34)25-17-10-15(17)14-8-6-5-7-9-14/h5-9,13,15,17H,10-12H2,1-4H3,(H,25,34)(H2,26,27,28,29,30,31)/t13?,15-,17?,32?/m1/s1. The van der Waals surface area contributed by atoms with Crippen LogP contribution < -0.4 is 20.3 Å². The lowest BCUT2D eigenvalue weighted by Gasteiger charge is -2.32. The van der Waals surface area contributed by atoms with Gasteiger partial charge in [0.25, 0.3) is 0 Å². The lowest BCUT2D eigenvalue weighted by atomic mass is 10.0. The Morgan fingerprint density at radius 2 is 1.97 bits per heavy atom. The number of carbonyl (C=O) groups is 1. The van der Waals surface area contributed by atoms with E-state index in [0.717, 1.165) is 24.2 Å². The first kappa shape index (κ1) is 21.6. The van der Waals surface area contributed by atoms with Crippen LogP contribution in [0.1, 0.15) is 49.9 Å². The lowest BCUT2D eigenvalue weighted by Crippen LogP contribution is -2.47. The fourth-order valence-corrected chi connectivity index (χ4v) is 4.85. The fourth-order valence-electron chi connectivity index (χ4n) is 4.85. The summed E-state index contributed by atoms with van der Waals surface area (Å²) in [4.78, 5) is 30.4. The number of nitrogens with zero attached hydrogens (tertiary/aromatic N) is 6. The molecule has 1 saturated carbocycles. The number of aromatic nitrogens is 5. The highest BCUT2D eigenvalue weighted by Gasteiger charge is 2.47. The van der Waals surface area contributed by atoms with Crippen molar-refractivity contribution in [2.75, 3.05) is 23.9 Å². The molecule has 11 heteroatoms. The highest BCUT2D eigenvalue weighted by Crippen LogP contribution is 2.43. The number of ether oxygens (including phenoxy) is 1. The zero-order valence-corrected chi connectivity index (χ0v) is 20.2. The van der Waals surface area contributed by atoms with Crippen molar-refractivity contribution in [1.82, 2.24) is 35.4 Å². The molecule has 4 heterocycles. The summed E-state index contributed by atoms with van der Waals surface area (Å²) < 4.78 is 5.27. The topological polar surface area (TPSA) is 124 Å². The first-order chi connectivity index (χ1) is 16.8. The van der Waals surface area contributed by atoms with Gasteiger partial charge in [-0.3, -0.25) is 5.10 Å². The van der Waals surface area contributed by atoms with Crippen LogP contribution in [0.5, 0.6) is 6.01 Å². The number of hydrogen-bond acceptors (Lipinski definition) is 8. The van der Waals surface area contributed by atoms with Crippen molar-refractivity contribution < 1.29 is 9.53 Å². The average molecular weight is 476 g/mol. The quantitative estimate of drug-likeness (QED) is 0.465. The smallest absolute Gasteiger partial charge is 0.322 e. The van der Waals surface area contributed by atoms with E-state index >= 15 is 0 Å². The van der Waals surface area contributed by atoms with E-state index in [9.17, 15) is 4.79 Å². The maximum Gasteiger partial charge on any atom is 0.322 e. The van der Waals surface area contributed by atoms with Crippen LogP contribution in [0, 0.1) is 0 Å². The summed E-state index contributed by atoms with van der Waals surface area (Å²) in [6, 6.07) is 11.0. The molecule has 3 N–H and O–H groups in total. The number of aromatic amines is 1. The Morgan fingerprint density at radius 3 is 2.69 bits per heavy atom. The number of nitrogens with one attached hydrogen (secondary N) is 3. The van der Waals surface area contributed by atoms with E-state index in [4.69, 9.17) is 4.74 Å². The van der Waals surface area contributed by atoms with E-state index in [-0.39, 0.29) is 18.1 Å². The van der Waals surface area contributed by atoms with Crippen molar-refractivity contribution in [1.29, 1.82) is 0 Å². The number of benzene rings is 1. The average Bonchev–Trinajstić information content (AvgIpc) is 3.72. The summed E-state index contributed by atoms with van der Waals surface area (Å²) >= 11 is 0. The van der Waals surface area contributed by atoms with Gasteiger partial charge in [-0.25, -0.2) is 4.79 Å². The maximum atomic E-state index is 13.3. The van der Waals surface area contributed by atoms with E-state index in [1.807, 2.05) is 36.9 Å². The van der Waals surface area contributed by atoms with Crippen LogP contribution in [0.4, 0.5) is 22.5 Å². The van der Waals surface area contributed by atoms with E-state index < -0.39 is 5.54 Å². The monoisotopic (exact) mass is 475 g/mol. The normalized spacial score (nSPS) is 23.6. The molecule has 1 aliphatic carbocycles. The number of hydrogen-bond donors (Lipinski definition) is 3. The number of anilines is 3. The molecule has 35 heavy (non-hydrogen) atoms. The van der Waals surface area contributed by atoms with Crippen LogP contribution in [0.3, 0.4) is 0 Å². The van der Waals surface area contributed by atoms with Gasteiger partial charge in [0.15, 0.2) is 5.82 Å². The highest BCUT2D eigenvalue weighted by atomic mass is 16.5. The van der Waals surface area contributed by atoms with Gasteiger partial charge >= 0.3 is 12.0 Å². The minimum atomic E-state index is -0.541. The molecule has 2 aliphatic heterocycles. The van der Waals surface area contributed by atoms with Crippen LogP contribution in [-0.2, 0) is 12.1 Å². The van der Waals surface area contributed by atoms with Gasteiger partial charge in [0.2, 0.25) is 11.9 Å². The zero-order chi connectivity index (χ0) is 24.3. The largest absolute Gasteiger partial charge is 0.467 e. The van der Waals surface area contributed by atoms with Crippen LogP contribution in [0.15, 0.2) is 30.3 Å². The SMILES string of the molecule is COc1nc(Nc2n[nH]c3c2CN(C(=O)NC2C[C@@H]2c2ccccc2)C3(C)C)nc(N2CC2C)n1. The Morgan fingerprint density at radius 1 is 1.20 bits per heavy atom. The number of methoxy groups -OCH3 is 1. The van der Waals surface area contributed by atoms with E-state index in [0.29, 0.717) is 36.2 Å². The van der Waals surface area contributed by atoms with Crippen molar-refractivity contribution in [2.24, 2.45) is 0 Å². The molecule has 3 aliphatic rings. The second kappa shape index (κ2) is 7.82. The summed E-state index contributed by atoms with van der Waals surface area (Å²) in [5.74, 6) is 1.89. The minimum Gasteiger partial charge on any atom is -0.467 e. The number of urea groups is 1. The summed E-state index contributed by atoms with van der Waals surface area (Å²) in [7, 11) is 1.53. The van der Waals surface area contributed by atoms with Gasteiger partial charge in [-0.2, -0.15) is 20.1 Å². The molecule has 2 fully saturated rings. The third-order valence-corrected chi connectivity index (χ3v) is 7.17. The molecule has 1 saturated heterocycles. The second-order valence-electron chi connectivity index (χ2n) is 9.95. The van der Waals surface area contributed by atoms with Gasteiger partial charge in [-0.05, 0) is 32.8 Å². The number of H-pyrrole nitrogens is 1. The molecule has 11 nitrogen and oxygen atoms in total. The molecule has 2 amide bonds. The molecule has 1 aromatic carbocycles. The van der Waals surface area contributed by atoms with Crippen molar-refractivity contribution in [3.63, 3.8) is 0 Å². The number of carbonyl (C=O) groups excluding carboxylic acids is 1. The predicted octanol–water partition coefficient (Wildman–Crippen LogP) is 2.87. The first-order valence-corrected chi connectivity index (χ1v) is 11.9. The molecule has 3 atom stereocenters. The lowest BCUT2D eigenvalue weighted by molar-refractivity contribution is 0.142. The Bertz CT molecular complexity index is 1280. The van der Waals surface area contributed by atoms with E-state index in [2.05, 4.69) is 59.7 Å². The highest BCUT2D eigenvalue weighted by molar-refractivity contribution is 5.78. The third-order valence-electron chi connectivity index (χ3n) is 7.17. The molecular weight excluding hydrogens is 446 g/mol. The van der Waals surface area contributed by atoms with Gasteiger partial charge in [0, 0.05) is 30.1 Å². The molecular formula is C24H29N9O2. The third kappa shape index (κ3) is 3.80. The van der Waals surface area contributed by atoms with Gasteiger partial charge in [-0.15, -0.1) is 0 Å². The maximum absolute atomic E-state index is 13.3. The van der Waals surface area contributed by atoms with Crippen molar-refractivity contribution in [3.8, 4) is 6.01 Å². The van der Waals surface area contributed by atoms with Crippen molar-refractivity contribution >= 4 is 23.7 Å². The zero-order valence-electron chi connectivity index (χ0n) is 20.2. The van der Waals surface area contributed by atoms with Crippen molar-refractivity contribution in [2.45, 2.75) is 57.3 Å². The van der Waals surface area contributed by atoms with Crippen LogP contribution in [0.2, 0.25) is 0 Å². The first-order valence-electron chi connectivity index (χ1n) is 11.9. The van der Waals surface area contributed by atoms with E-state index in [1.54, 1.807) is 0 Å². The van der Waals surface area contributed by atoms with Crippen LogP contribution in [-0.4, -0.2) is 61.8 Å². The minimum absolute atomic E-state index is 0.0754. The van der Waals surface area contributed by atoms with Gasteiger partial charge in [0.05, 0.1) is 24.9 Å². The Hall–Kier alpha value is -3.89. The van der Waals surface area contributed by atoms with E-state index in [1.165, 1.54) is 12.7 Å². The molecule has 2 aromatic heterocycles. The Balaban J connectivity index is 1.18. The van der Waals surface area contributed by atoms with Crippen molar-refractivity contribution in [3.05, 3.63) is 47.2 Å². The van der Waals surface area contributed by atoms with Gasteiger partial charge < -0.3 is 25.2 Å². The number of fused-ring (bicyclic) bond motifs is 1. The Labute approximate surface area is 203 Å². The molecule has 2 unspecified atom stereocenters. The number of amides is 2. The van der Waals surface area contributed by atoms with Gasteiger partial charge in [-0.1, -0.05) is 30.3 Å². The van der Waals surface area contributed by atoms with Gasteiger partial charge in [0.1, 0.15) is 0 Å². The molecule has 0 bridgehead atoms. The molecule has 0 radical (unpaired) electrons. The molecule has 182 valence electrons. The number of rotatable bonds is 6. The molecule has 6 rings (SSSR count). The Kier molecular flexibility index (Phi) is 4.83.